The van der Waals surface area contributed by atoms with E-state index in [1.54, 1.807) is 6.07 Å². The first-order valence-corrected chi connectivity index (χ1v) is 8.36. The minimum atomic E-state index is -0.172. The molecule has 0 fully saturated rings. The zero-order valence-electron chi connectivity index (χ0n) is 12.0. The molecule has 0 aromatic heterocycles. The molecule has 0 aliphatic carbocycles. The van der Waals surface area contributed by atoms with Crippen molar-refractivity contribution in [2.24, 2.45) is 5.73 Å². The summed E-state index contributed by atoms with van der Waals surface area (Å²) in [6.07, 6.45) is 1.62. The van der Waals surface area contributed by atoms with Crippen molar-refractivity contribution in [2.45, 2.75) is 36.5 Å². The van der Waals surface area contributed by atoms with Crippen molar-refractivity contribution in [3.8, 4) is 0 Å². The van der Waals surface area contributed by atoms with Gasteiger partial charge < -0.3 is 5.73 Å². The van der Waals surface area contributed by atoms with Crippen LogP contribution in [-0.4, -0.2) is 6.04 Å². The van der Waals surface area contributed by atoms with E-state index in [1.165, 1.54) is 11.8 Å². The molecule has 0 heterocycles. The summed E-state index contributed by atoms with van der Waals surface area (Å²) in [6, 6.07) is 13.1. The predicted molar refractivity (Wildman–Crippen MR) is 89.4 cm³/mol. The lowest BCUT2D eigenvalue weighted by Crippen LogP contribution is -2.21. The van der Waals surface area contributed by atoms with Gasteiger partial charge in [0.25, 0.3) is 0 Å². The van der Waals surface area contributed by atoms with E-state index in [-0.39, 0.29) is 11.9 Å². The van der Waals surface area contributed by atoms with Gasteiger partial charge in [0.05, 0.1) is 0 Å². The Morgan fingerprint density at radius 2 is 1.81 bits per heavy atom. The molecule has 4 heteroatoms. The van der Waals surface area contributed by atoms with Gasteiger partial charge in [-0.15, -0.1) is 11.8 Å². The van der Waals surface area contributed by atoms with Crippen LogP contribution in [0.25, 0.3) is 0 Å². The van der Waals surface area contributed by atoms with Crippen LogP contribution >= 0.6 is 23.4 Å². The maximum atomic E-state index is 14.1. The summed E-state index contributed by atoms with van der Waals surface area (Å²) in [6.45, 7) is 2.04. The van der Waals surface area contributed by atoms with Gasteiger partial charge >= 0.3 is 0 Å². The third-order valence-corrected chi connectivity index (χ3v) is 4.70. The lowest BCUT2D eigenvalue weighted by Gasteiger charge is -2.10. The Bertz CT molecular complexity index is 586. The molecule has 0 radical (unpaired) electrons. The number of hydrogen-bond donors (Lipinski definition) is 1. The Morgan fingerprint density at radius 3 is 2.43 bits per heavy atom. The van der Waals surface area contributed by atoms with E-state index in [4.69, 9.17) is 17.3 Å². The summed E-state index contributed by atoms with van der Waals surface area (Å²) in [7, 11) is 0. The highest BCUT2D eigenvalue weighted by Crippen LogP contribution is 2.27. The van der Waals surface area contributed by atoms with Crippen LogP contribution in [0.1, 0.15) is 24.5 Å². The zero-order chi connectivity index (χ0) is 15.2. The first kappa shape index (κ1) is 16.3. The molecule has 0 bridgehead atoms. The van der Waals surface area contributed by atoms with Crippen LogP contribution in [0, 0.1) is 5.82 Å². The Kier molecular flexibility index (Phi) is 6.09. The van der Waals surface area contributed by atoms with E-state index < -0.39 is 0 Å². The molecule has 0 spiro atoms. The van der Waals surface area contributed by atoms with Crippen LogP contribution in [0.4, 0.5) is 4.39 Å². The SMILES string of the molecule is CCC(N)Cc1ccc(SCc2ccc(Cl)cc2)c(F)c1. The molecular formula is C17H19ClFNS. The minimum absolute atomic E-state index is 0.0944. The topological polar surface area (TPSA) is 26.0 Å². The van der Waals surface area contributed by atoms with Crippen LogP contribution in [0.15, 0.2) is 47.4 Å². The van der Waals surface area contributed by atoms with Crippen LogP contribution < -0.4 is 5.73 Å². The summed E-state index contributed by atoms with van der Waals surface area (Å²) in [5, 5.41) is 0.714. The van der Waals surface area contributed by atoms with E-state index in [0.29, 0.717) is 9.92 Å². The molecular weight excluding hydrogens is 305 g/mol. The number of thioether (sulfide) groups is 1. The van der Waals surface area contributed by atoms with Crippen LogP contribution in [0.3, 0.4) is 0 Å². The summed E-state index contributed by atoms with van der Waals surface area (Å²) in [4.78, 5) is 0.666. The van der Waals surface area contributed by atoms with Crippen LogP contribution in [0.2, 0.25) is 5.02 Å². The molecule has 0 amide bonds. The third kappa shape index (κ3) is 5.03. The molecule has 2 aromatic rings. The fraction of sp³-hybridized carbons (Fsp3) is 0.294. The highest BCUT2D eigenvalue weighted by Gasteiger charge is 2.07. The second-order valence-corrected chi connectivity index (χ2v) is 6.51. The summed E-state index contributed by atoms with van der Waals surface area (Å²) in [5.74, 6) is 0.553. The molecule has 0 aliphatic rings. The largest absolute Gasteiger partial charge is 0.327 e. The van der Waals surface area contributed by atoms with Crippen molar-refractivity contribution < 1.29 is 4.39 Å². The molecule has 0 saturated heterocycles. The molecule has 21 heavy (non-hydrogen) atoms. The highest BCUT2D eigenvalue weighted by molar-refractivity contribution is 7.98. The fourth-order valence-electron chi connectivity index (χ4n) is 1.98. The monoisotopic (exact) mass is 323 g/mol. The Balaban J connectivity index is 1.99. The fourth-order valence-corrected chi connectivity index (χ4v) is 2.98. The summed E-state index contributed by atoms with van der Waals surface area (Å²) in [5.41, 5.74) is 7.98. The molecule has 1 unspecified atom stereocenters. The lowest BCUT2D eigenvalue weighted by atomic mass is 10.0. The summed E-state index contributed by atoms with van der Waals surface area (Å²) < 4.78 is 14.1. The van der Waals surface area contributed by atoms with E-state index in [9.17, 15) is 4.39 Å². The van der Waals surface area contributed by atoms with Crippen LogP contribution in [0.5, 0.6) is 0 Å². The maximum absolute atomic E-state index is 14.1. The zero-order valence-corrected chi connectivity index (χ0v) is 13.6. The average molecular weight is 324 g/mol. The van der Waals surface area contributed by atoms with Gasteiger partial charge in [-0.05, 0) is 48.2 Å². The van der Waals surface area contributed by atoms with E-state index in [2.05, 4.69) is 0 Å². The van der Waals surface area contributed by atoms with Gasteiger partial charge in [0.2, 0.25) is 0 Å². The molecule has 1 atom stereocenters. The molecule has 112 valence electrons. The van der Waals surface area contributed by atoms with E-state index >= 15 is 0 Å². The van der Waals surface area contributed by atoms with Gasteiger partial charge in [-0.3, -0.25) is 0 Å². The van der Waals surface area contributed by atoms with Gasteiger partial charge in [0, 0.05) is 21.7 Å². The average Bonchev–Trinajstić information content (AvgIpc) is 2.48. The molecule has 2 aromatic carbocycles. The van der Waals surface area contributed by atoms with Gasteiger partial charge in [-0.1, -0.05) is 36.7 Å². The first-order valence-electron chi connectivity index (χ1n) is 6.99. The second kappa shape index (κ2) is 7.83. The number of halogens is 2. The van der Waals surface area contributed by atoms with Gasteiger partial charge in [0.1, 0.15) is 5.82 Å². The van der Waals surface area contributed by atoms with Crippen molar-refractivity contribution in [3.05, 3.63) is 64.4 Å². The van der Waals surface area contributed by atoms with Crippen molar-refractivity contribution in [1.29, 1.82) is 0 Å². The number of rotatable bonds is 6. The smallest absolute Gasteiger partial charge is 0.137 e. The standard InChI is InChI=1S/C17H19ClFNS/c1-2-15(20)9-13-5-8-17(16(19)10-13)21-11-12-3-6-14(18)7-4-12/h3-8,10,15H,2,9,11,20H2,1H3. The molecule has 2 rings (SSSR count). The van der Waals surface area contributed by atoms with Gasteiger partial charge in [-0.2, -0.15) is 0 Å². The van der Waals surface area contributed by atoms with Crippen LogP contribution in [-0.2, 0) is 12.2 Å². The Labute approximate surface area is 134 Å². The number of benzene rings is 2. The normalized spacial score (nSPS) is 12.4. The van der Waals surface area contributed by atoms with Crippen molar-refractivity contribution in [2.75, 3.05) is 0 Å². The summed E-state index contributed by atoms with van der Waals surface area (Å²) >= 11 is 7.34. The highest BCUT2D eigenvalue weighted by atomic mass is 35.5. The minimum Gasteiger partial charge on any atom is -0.327 e. The van der Waals surface area contributed by atoms with Crippen molar-refractivity contribution in [3.63, 3.8) is 0 Å². The van der Waals surface area contributed by atoms with Gasteiger partial charge in [0.15, 0.2) is 0 Å². The second-order valence-electron chi connectivity index (χ2n) is 5.05. The van der Waals surface area contributed by atoms with E-state index in [0.717, 1.165) is 29.7 Å². The number of nitrogens with two attached hydrogens (primary N) is 1. The quantitative estimate of drug-likeness (QED) is 0.753. The molecule has 2 N–H and O–H groups in total. The maximum Gasteiger partial charge on any atom is 0.137 e. The lowest BCUT2D eigenvalue weighted by molar-refractivity contribution is 0.593. The van der Waals surface area contributed by atoms with Crippen molar-refractivity contribution in [1.82, 2.24) is 0 Å². The van der Waals surface area contributed by atoms with Gasteiger partial charge in [-0.25, -0.2) is 4.39 Å². The van der Waals surface area contributed by atoms with Crippen molar-refractivity contribution >= 4 is 23.4 Å². The molecule has 0 saturated carbocycles. The van der Waals surface area contributed by atoms with E-state index in [1.807, 2.05) is 43.3 Å². The Hall–Kier alpha value is -1.03. The number of hydrogen-bond acceptors (Lipinski definition) is 2. The Morgan fingerprint density at radius 1 is 1.14 bits per heavy atom. The predicted octanol–water partition coefficient (Wildman–Crippen LogP) is 5.05. The first-order chi connectivity index (χ1) is 10.1. The molecule has 0 aliphatic heterocycles. The molecule has 1 nitrogen and oxygen atoms in total. The third-order valence-electron chi connectivity index (χ3n) is 3.33.